The number of benzene rings is 1. The van der Waals surface area contributed by atoms with E-state index < -0.39 is 6.23 Å². The molecule has 5 unspecified atom stereocenters. The number of aliphatic imine (C=N–C) groups is 1. The number of piperazine rings is 1. The van der Waals surface area contributed by atoms with Crippen LogP contribution in [0.3, 0.4) is 0 Å². The molecule has 6 rings (SSSR count). The maximum Gasteiger partial charge on any atom is 0.318 e. The zero-order chi connectivity index (χ0) is 29.3. The molecule has 2 fully saturated rings. The molecule has 2 aliphatic heterocycles. The van der Waals surface area contributed by atoms with Crippen molar-refractivity contribution in [3.63, 3.8) is 0 Å². The Kier molecular flexibility index (Phi) is 8.66. The summed E-state index contributed by atoms with van der Waals surface area (Å²) < 4.78 is 6.41. The number of aromatic nitrogens is 2. The molecule has 42 heavy (non-hydrogen) atoms. The van der Waals surface area contributed by atoms with Crippen LogP contribution in [0.2, 0.25) is 0 Å². The second-order valence-electron chi connectivity index (χ2n) is 13.2. The molecule has 0 radical (unpaired) electrons. The van der Waals surface area contributed by atoms with Crippen LogP contribution in [-0.4, -0.2) is 96.3 Å². The number of aliphatic hydroxyl groups is 1. The summed E-state index contributed by atoms with van der Waals surface area (Å²) in [6, 6.07) is 10.0. The first-order chi connectivity index (χ1) is 20.4. The molecule has 8 nitrogen and oxygen atoms in total. The Hall–Kier alpha value is -2.81. The van der Waals surface area contributed by atoms with E-state index in [4.69, 9.17) is 14.7 Å². The minimum Gasteiger partial charge on any atom is -0.462 e. The number of ether oxygens (including phenoxy) is 1. The normalized spacial score (nSPS) is 28.7. The summed E-state index contributed by atoms with van der Waals surface area (Å²) in [4.78, 5) is 21.3. The molecule has 4 aliphatic rings. The summed E-state index contributed by atoms with van der Waals surface area (Å²) in [5.41, 5.74) is 5.68. The van der Waals surface area contributed by atoms with E-state index in [0.29, 0.717) is 31.1 Å². The van der Waals surface area contributed by atoms with E-state index in [1.54, 1.807) is 6.08 Å². The van der Waals surface area contributed by atoms with Crippen molar-refractivity contribution in [2.75, 3.05) is 51.3 Å². The molecule has 3 heterocycles. The summed E-state index contributed by atoms with van der Waals surface area (Å²) >= 11 is 0. The van der Waals surface area contributed by atoms with Gasteiger partial charge in [0.05, 0.1) is 5.69 Å². The van der Waals surface area contributed by atoms with Crippen LogP contribution in [0.15, 0.2) is 41.9 Å². The van der Waals surface area contributed by atoms with Crippen LogP contribution in [0, 0.1) is 11.3 Å². The van der Waals surface area contributed by atoms with Gasteiger partial charge in [0.1, 0.15) is 18.7 Å². The van der Waals surface area contributed by atoms with Gasteiger partial charge in [-0.1, -0.05) is 37.8 Å². The Morgan fingerprint density at radius 3 is 2.76 bits per heavy atom. The number of aryl methyl sites for hydroxylation is 1. The highest BCUT2D eigenvalue weighted by Gasteiger charge is 2.45. The van der Waals surface area contributed by atoms with E-state index in [0.717, 1.165) is 70.5 Å². The maximum atomic E-state index is 10.7. The van der Waals surface area contributed by atoms with Gasteiger partial charge in [-0.05, 0) is 100 Å². The van der Waals surface area contributed by atoms with Crippen molar-refractivity contribution in [1.82, 2.24) is 19.8 Å². The maximum absolute atomic E-state index is 10.7. The minimum atomic E-state index is -0.669. The highest BCUT2D eigenvalue weighted by atomic mass is 16.5. The molecule has 2 aliphatic carbocycles. The highest BCUT2D eigenvalue weighted by Crippen LogP contribution is 2.50. The van der Waals surface area contributed by atoms with Crippen LogP contribution in [-0.2, 0) is 25.7 Å². The molecule has 1 spiro atoms. The van der Waals surface area contributed by atoms with E-state index in [1.807, 2.05) is 0 Å². The van der Waals surface area contributed by atoms with Crippen LogP contribution in [0.25, 0.3) is 0 Å². The monoisotopic (exact) mass is 572 g/mol. The Labute approximate surface area is 251 Å². The molecule has 1 N–H and O–H groups in total. The summed E-state index contributed by atoms with van der Waals surface area (Å²) in [5.74, 6) is 1.56. The zero-order valence-corrected chi connectivity index (χ0v) is 25.5. The second-order valence-corrected chi connectivity index (χ2v) is 13.2. The molecule has 2 saturated heterocycles. The molecule has 0 saturated carbocycles. The van der Waals surface area contributed by atoms with Crippen molar-refractivity contribution < 1.29 is 9.84 Å². The van der Waals surface area contributed by atoms with E-state index in [1.165, 1.54) is 35.2 Å². The Balaban J connectivity index is 1.32. The number of nitrogens with zero attached hydrogens (tertiary/aromatic N) is 6. The van der Waals surface area contributed by atoms with Crippen molar-refractivity contribution in [3.8, 4) is 6.01 Å². The third kappa shape index (κ3) is 5.73. The standard InChI is InChI=1S/C34H48N6O2/c1-5-31(41)40-18-17-39(22-27(40)13-15-35-3)32-29-19-24(2)34(14-12-25-9-6-7-10-26(25)20-34)21-30(29)36-33(37-32)42-23-28-11-8-16-38(28)4/h5-7,9-10,24,27-28,31,41H,1,3,8,11-23H2,2,4H3. The van der Waals surface area contributed by atoms with E-state index in [9.17, 15) is 5.11 Å². The molecule has 0 bridgehead atoms. The Morgan fingerprint density at radius 1 is 1.17 bits per heavy atom. The fraction of sp³-hybridized carbons (Fsp3) is 0.618. The van der Waals surface area contributed by atoms with Crippen LogP contribution in [0.5, 0.6) is 6.01 Å². The lowest BCUT2D eigenvalue weighted by molar-refractivity contribution is 0.00113. The van der Waals surface area contributed by atoms with Crippen molar-refractivity contribution in [2.24, 2.45) is 16.3 Å². The lowest BCUT2D eigenvalue weighted by atomic mass is 9.58. The van der Waals surface area contributed by atoms with Gasteiger partial charge in [0.2, 0.25) is 0 Å². The molecular weight excluding hydrogens is 524 g/mol. The summed E-state index contributed by atoms with van der Waals surface area (Å²) in [6.45, 7) is 14.7. The van der Waals surface area contributed by atoms with Gasteiger partial charge < -0.3 is 24.6 Å². The molecule has 1 aromatic heterocycles. The summed E-state index contributed by atoms with van der Waals surface area (Å²) in [7, 11) is 2.18. The summed E-state index contributed by atoms with van der Waals surface area (Å²) in [5, 5.41) is 10.7. The van der Waals surface area contributed by atoms with Gasteiger partial charge in [0.15, 0.2) is 0 Å². The third-order valence-electron chi connectivity index (χ3n) is 10.8. The van der Waals surface area contributed by atoms with Gasteiger partial charge in [-0.3, -0.25) is 4.90 Å². The van der Waals surface area contributed by atoms with Gasteiger partial charge >= 0.3 is 6.01 Å². The smallest absolute Gasteiger partial charge is 0.318 e. The number of hydrogen-bond acceptors (Lipinski definition) is 8. The van der Waals surface area contributed by atoms with Gasteiger partial charge in [-0.25, -0.2) is 0 Å². The first-order valence-electron chi connectivity index (χ1n) is 15.9. The molecule has 2 aromatic rings. The van der Waals surface area contributed by atoms with E-state index >= 15 is 0 Å². The number of aliphatic hydroxyl groups excluding tert-OH is 1. The highest BCUT2D eigenvalue weighted by molar-refractivity contribution is 5.53. The van der Waals surface area contributed by atoms with Gasteiger partial charge in [-0.2, -0.15) is 9.97 Å². The van der Waals surface area contributed by atoms with Crippen LogP contribution in [0.4, 0.5) is 5.82 Å². The minimum absolute atomic E-state index is 0.126. The van der Waals surface area contributed by atoms with Gasteiger partial charge in [0, 0.05) is 43.8 Å². The fourth-order valence-electron chi connectivity index (χ4n) is 8.01. The molecule has 1 aromatic carbocycles. The van der Waals surface area contributed by atoms with Crippen LogP contribution < -0.4 is 9.64 Å². The number of fused-ring (bicyclic) bond motifs is 2. The van der Waals surface area contributed by atoms with Gasteiger partial charge in [0.25, 0.3) is 0 Å². The Morgan fingerprint density at radius 2 is 2.00 bits per heavy atom. The lowest BCUT2D eigenvalue weighted by Crippen LogP contribution is -2.57. The predicted octanol–water partition coefficient (Wildman–Crippen LogP) is 3.95. The van der Waals surface area contributed by atoms with Crippen molar-refractivity contribution >= 4 is 12.5 Å². The second kappa shape index (κ2) is 12.4. The molecule has 0 amide bonds. The van der Waals surface area contributed by atoms with E-state index in [-0.39, 0.29) is 11.5 Å². The number of hydrogen-bond donors (Lipinski definition) is 1. The molecule has 8 heteroatoms. The molecular formula is C34H48N6O2. The summed E-state index contributed by atoms with van der Waals surface area (Å²) in [6.07, 6.45) is 9.53. The zero-order valence-electron chi connectivity index (χ0n) is 25.5. The molecule has 5 atom stereocenters. The quantitative estimate of drug-likeness (QED) is 0.360. The van der Waals surface area contributed by atoms with Gasteiger partial charge in [-0.15, -0.1) is 0 Å². The molecule has 226 valence electrons. The van der Waals surface area contributed by atoms with Crippen molar-refractivity contribution in [1.29, 1.82) is 0 Å². The number of anilines is 1. The predicted molar refractivity (Wildman–Crippen MR) is 169 cm³/mol. The lowest BCUT2D eigenvalue weighted by Gasteiger charge is -2.48. The topological polar surface area (TPSA) is 77.3 Å². The fourth-order valence-corrected chi connectivity index (χ4v) is 8.01. The third-order valence-corrected chi connectivity index (χ3v) is 10.8. The van der Waals surface area contributed by atoms with Crippen molar-refractivity contribution in [2.45, 2.75) is 76.6 Å². The Bertz CT molecular complexity index is 1280. The van der Waals surface area contributed by atoms with Crippen LogP contribution >= 0.6 is 0 Å². The SMILES string of the molecule is C=CC(O)N1CCN(c2nc(OCC3CCCN3C)nc3c2CC(C)C2(CCc4ccccc4C2)C3)CC1CCN=C. The average Bonchev–Trinajstić information content (AvgIpc) is 3.43. The first kappa shape index (κ1) is 29.3. The van der Waals surface area contributed by atoms with Crippen LogP contribution in [0.1, 0.15) is 55.0 Å². The van der Waals surface area contributed by atoms with Crippen molar-refractivity contribution in [3.05, 3.63) is 59.3 Å². The largest absolute Gasteiger partial charge is 0.462 e. The first-order valence-corrected chi connectivity index (χ1v) is 15.9. The number of likely N-dealkylation sites (tertiary alicyclic amines) is 1. The number of likely N-dealkylation sites (N-methyl/N-ethyl adjacent to an activating group) is 1. The number of rotatable bonds is 9. The van der Waals surface area contributed by atoms with E-state index in [2.05, 4.69) is 71.2 Å². The average molecular weight is 573 g/mol.